The number of amides is 2. The number of anilines is 1. The van der Waals surface area contributed by atoms with E-state index in [4.69, 9.17) is 5.73 Å². The van der Waals surface area contributed by atoms with Crippen molar-refractivity contribution in [2.75, 3.05) is 5.32 Å². The molecule has 0 spiro atoms. The van der Waals surface area contributed by atoms with E-state index >= 15 is 0 Å². The predicted octanol–water partition coefficient (Wildman–Crippen LogP) is 2.43. The summed E-state index contributed by atoms with van der Waals surface area (Å²) in [6.07, 6.45) is 0.369. The summed E-state index contributed by atoms with van der Waals surface area (Å²) in [5, 5.41) is 2.67. The van der Waals surface area contributed by atoms with Crippen LogP contribution in [0.5, 0.6) is 0 Å². The Morgan fingerprint density at radius 1 is 1.07 bits per heavy atom. The summed E-state index contributed by atoms with van der Waals surface area (Å²) in [5.74, 6) is -0.956. The molecule has 0 heterocycles. The van der Waals surface area contributed by atoms with Gasteiger partial charge in [0.15, 0.2) is 0 Å². The molecule has 0 aliphatic rings. The van der Waals surface area contributed by atoms with Crippen LogP contribution in [-0.2, 0) is 14.8 Å². The fraction of sp³-hybridized carbons (Fsp3) is 0.300. The van der Waals surface area contributed by atoms with Gasteiger partial charge in [0.1, 0.15) is 0 Å². The number of benzene rings is 2. The van der Waals surface area contributed by atoms with Gasteiger partial charge in [-0.15, -0.1) is 0 Å². The largest absolute Gasteiger partial charge is 0.322 e. The fourth-order valence-electron chi connectivity index (χ4n) is 2.65. The fourth-order valence-corrected chi connectivity index (χ4v) is 3.72. The lowest BCUT2D eigenvalue weighted by atomic mass is 10.0. The normalized spacial score (nSPS) is 12.5. The van der Waals surface area contributed by atoms with E-state index in [9.17, 15) is 18.0 Å². The Morgan fingerprint density at radius 2 is 1.75 bits per heavy atom. The van der Waals surface area contributed by atoms with E-state index in [1.54, 1.807) is 18.2 Å². The van der Waals surface area contributed by atoms with Crippen molar-refractivity contribution in [1.82, 2.24) is 4.72 Å². The van der Waals surface area contributed by atoms with E-state index in [-0.39, 0.29) is 16.7 Å². The van der Waals surface area contributed by atoms with Gasteiger partial charge in [0.2, 0.25) is 0 Å². The Hall–Kier alpha value is -2.71. The first-order valence-electron chi connectivity index (χ1n) is 8.89. The molecule has 2 rings (SSSR count). The third-order valence-electron chi connectivity index (χ3n) is 4.09. The summed E-state index contributed by atoms with van der Waals surface area (Å²) in [6, 6.07) is 11.8. The molecule has 28 heavy (non-hydrogen) atoms. The molecule has 1 atom stereocenters. The molecular formula is C20H25N3O4S. The van der Waals surface area contributed by atoms with E-state index in [2.05, 4.69) is 5.32 Å². The summed E-state index contributed by atoms with van der Waals surface area (Å²) >= 11 is 0. The number of hydrogen-bond acceptors (Lipinski definition) is 5. The van der Waals surface area contributed by atoms with Crippen LogP contribution >= 0.6 is 0 Å². The van der Waals surface area contributed by atoms with Gasteiger partial charge >= 0.3 is 0 Å². The average Bonchev–Trinajstić information content (AvgIpc) is 2.61. The summed E-state index contributed by atoms with van der Waals surface area (Å²) in [7, 11) is -4.10. The summed E-state index contributed by atoms with van der Waals surface area (Å²) < 4.78 is 27.0. The summed E-state index contributed by atoms with van der Waals surface area (Å²) in [4.78, 5) is 24.3. The minimum Gasteiger partial charge on any atom is -0.322 e. The third-order valence-corrected chi connectivity index (χ3v) is 5.43. The Kier molecular flexibility index (Phi) is 6.93. The molecule has 2 aromatic rings. The minimum atomic E-state index is -4.10. The van der Waals surface area contributed by atoms with E-state index in [0.29, 0.717) is 17.7 Å². The highest BCUT2D eigenvalue weighted by Gasteiger charge is 2.23. The Labute approximate surface area is 165 Å². The first-order valence-corrected chi connectivity index (χ1v) is 10.4. The maximum Gasteiger partial charge on any atom is 0.264 e. The lowest BCUT2D eigenvalue weighted by Gasteiger charge is -2.15. The molecule has 4 N–H and O–H groups in total. The molecule has 0 radical (unpaired) electrons. The lowest BCUT2D eigenvalue weighted by molar-refractivity contribution is -0.120. The number of hydrogen-bond donors (Lipinski definition) is 3. The van der Waals surface area contributed by atoms with Gasteiger partial charge in [0.05, 0.1) is 10.9 Å². The summed E-state index contributed by atoms with van der Waals surface area (Å²) in [6.45, 7) is 5.59. The SMILES string of the molecule is Cc1ccccc1C(=O)Nc1cccc(S(=O)(=O)NC(=O)[C@@H](N)CC(C)C)c1. The number of carbonyl (C=O) groups is 2. The van der Waals surface area contributed by atoms with Crippen LogP contribution in [0.15, 0.2) is 53.4 Å². The molecule has 0 aromatic heterocycles. The number of sulfonamides is 1. The molecule has 150 valence electrons. The molecule has 2 amide bonds. The molecule has 0 unspecified atom stereocenters. The molecule has 0 bridgehead atoms. The number of aryl methyl sites for hydroxylation is 1. The second-order valence-electron chi connectivity index (χ2n) is 7.00. The second-order valence-corrected chi connectivity index (χ2v) is 8.69. The van der Waals surface area contributed by atoms with E-state index in [1.807, 2.05) is 37.6 Å². The molecule has 0 aliphatic heterocycles. The topological polar surface area (TPSA) is 118 Å². The first-order chi connectivity index (χ1) is 13.1. The number of nitrogens with one attached hydrogen (secondary N) is 2. The van der Waals surface area contributed by atoms with Gasteiger partial charge in [-0.3, -0.25) is 9.59 Å². The zero-order valence-electron chi connectivity index (χ0n) is 16.1. The third kappa shape index (κ3) is 5.64. The van der Waals surface area contributed by atoms with Crippen molar-refractivity contribution in [1.29, 1.82) is 0 Å². The highest BCUT2D eigenvalue weighted by atomic mass is 32.2. The Morgan fingerprint density at radius 3 is 2.39 bits per heavy atom. The van der Waals surface area contributed by atoms with Crippen LogP contribution in [0.25, 0.3) is 0 Å². The van der Waals surface area contributed by atoms with Crippen molar-refractivity contribution in [3.63, 3.8) is 0 Å². The summed E-state index contributed by atoms with van der Waals surface area (Å²) in [5.41, 5.74) is 7.34. The Bertz CT molecular complexity index is 971. The van der Waals surface area contributed by atoms with Crippen LogP contribution < -0.4 is 15.8 Å². The molecule has 7 nitrogen and oxygen atoms in total. The van der Waals surface area contributed by atoms with Crippen LogP contribution in [0.3, 0.4) is 0 Å². The van der Waals surface area contributed by atoms with Gasteiger partial charge in [-0.2, -0.15) is 0 Å². The highest BCUT2D eigenvalue weighted by molar-refractivity contribution is 7.90. The van der Waals surface area contributed by atoms with Gasteiger partial charge in [0.25, 0.3) is 21.8 Å². The molecule has 2 aromatic carbocycles. The van der Waals surface area contributed by atoms with Crippen LogP contribution in [0.2, 0.25) is 0 Å². The van der Waals surface area contributed by atoms with Gasteiger partial charge in [-0.05, 0) is 49.1 Å². The van der Waals surface area contributed by atoms with Crippen molar-refractivity contribution in [2.24, 2.45) is 11.7 Å². The van der Waals surface area contributed by atoms with Crippen molar-refractivity contribution in [2.45, 2.75) is 38.1 Å². The second kappa shape index (κ2) is 8.99. The van der Waals surface area contributed by atoms with Crippen LogP contribution in [0.1, 0.15) is 36.2 Å². The number of carbonyl (C=O) groups excluding carboxylic acids is 2. The van der Waals surface area contributed by atoms with Crippen molar-refractivity contribution in [3.05, 3.63) is 59.7 Å². The quantitative estimate of drug-likeness (QED) is 0.656. The van der Waals surface area contributed by atoms with E-state index in [0.717, 1.165) is 5.56 Å². The molecule has 0 saturated carbocycles. The van der Waals surface area contributed by atoms with Gasteiger partial charge in [-0.1, -0.05) is 38.1 Å². The van der Waals surface area contributed by atoms with Crippen LogP contribution in [-0.4, -0.2) is 26.3 Å². The van der Waals surface area contributed by atoms with E-state index < -0.39 is 22.0 Å². The maximum atomic E-state index is 12.5. The zero-order chi connectivity index (χ0) is 20.9. The molecule has 0 fully saturated rings. The van der Waals surface area contributed by atoms with Crippen LogP contribution in [0, 0.1) is 12.8 Å². The number of rotatable bonds is 7. The standard InChI is InChI=1S/C20H25N3O4S/c1-13(2)11-18(21)20(25)23-28(26,27)16-9-6-8-15(12-16)22-19(24)17-10-5-4-7-14(17)3/h4-10,12-13,18H,11,21H2,1-3H3,(H,22,24)(H,23,25)/t18-/m0/s1. The Balaban J connectivity index is 2.16. The predicted molar refractivity (Wildman–Crippen MR) is 108 cm³/mol. The zero-order valence-corrected chi connectivity index (χ0v) is 16.9. The lowest BCUT2D eigenvalue weighted by Crippen LogP contribution is -2.43. The molecule has 0 saturated heterocycles. The average molecular weight is 404 g/mol. The van der Waals surface area contributed by atoms with Crippen molar-refractivity contribution < 1.29 is 18.0 Å². The smallest absolute Gasteiger partial charge is 0.264 e. The molecular weight excluding hydrogens is 378 g/mol. The molecule has 8 heteroatoms. The van der Waals surface area contributed by atoms with Crippen molar-refractivity contribution >= 4 is 27.5 Å². The van der Waals surface area contributed by atoms with Crippen molar-refractivity contribution in [3.8, 4) is 0 Å². The maximum absolute atomic E-state index is 12.5. The van der Waals surface area contributed by atoms with Gasteiger partial charge in [0, 0.05) is 11.3 Å². The van der Waals surface area contributed by atoms with Gasteiger partial charge in [-0.25, -0.2) is 13.1 Å². The van der Waals surface area contributed by atoms with Crippen LogP contribution in [0.4, 0.5) is 5.69 Å². The van der Waals surface area contributed by atoms with Gasteiger partial charge < -0.3 is 11.1 Å². The number of nitrogens with two attached hydrogens (primary N) is 1. The minimum absolute atomic E-state index is 0.139. The van der Waals surface area contributed by atoms with E-state index in [1.165, 1.54) is 18.2 Å². The molecule has 0 aliphatic carbocycles. The monoisotopic (exact) mass is 403 g/mol. The first kappa shape index (κ1) is 21.6. The highest BCUT2D eigenvalue weighted by Crippen LogP contribution is 2.17.